The van der Waals surface area contributed by atoms with E-state index in [0.717, 1.165) is 25.9 Å². The molecule has 1 heterocycles. The van der Waals surface area contributed by atoms with E-state index in [-0.39, 0.29) is 5.41 Å². The molecule has 0 aromatic carbocycles. The fourth-order valence-corrected chi connectivity index (χ4v) is 2.46. The molecule has 1 aliphatic carbocycles. The molecule has 1 unspecified atom stereocenters. The van der Waals surface area contributed by atoms with E-state index in [9.17, 15) is 9.90 Å². The van der Waals surface area contributed by atoms with E-state index >= 15 is 0 Å². The second-order valence-electron chi connectivity index (χ2n) is 5.04. The van der Waals surface area contributed by atoms with Crippen LogP contribution in [-0.2, 0) is 9.53 Å². The van der Waals surface area contributed by atoms with Crippen LogP contribution in [0.15, 0.2) is 0 Å². The van der Waals surface area contributed by atoms with E-state index < -0.39 is 11.5 Å². The Labute approximate surface area is 90.2 Å². The monoisotopic (exact) mass is 213 g/mol. The summed E-state index contributed by atoms with van der Waals surface area (Å²) in [4.78, 5) is 13.6. The highest BCUT2D eigenvalue weighted by molar-refractivity contribution is 5.80. The Balaban J connectivity index is 2.21. The fourth-order valence-electron chi connectivity index (χ4n) is 2.46. The summed E-state index contributed by atoms with van der Waals surface area (Å²) in [6, 6.07) is 0. The molecule has 1 saturated heterocycles. The van der Waals surface area contributed by atoms with Crippen molar-refractivity contribution in [1.29, 1.82) is 0 Å². The maximum Gasteiger partial charge on any atom is 0.324 e. The summed E-state index contributed by atoms with van der Waals surface area (Å²) in [7, 11) is 0. The average molecular weight is 213 g/mol. The molecule has 1 aliphatic heterocycles. The van der Waals surface area contributed by atoms with Crippen LogP contribution in [0.1, 0.15) is 26.7 Å². The number of hydrogen-bond donors (Lipinski definition) is 1. The van der Waals surface area contributed by atoms with Crippen molar-refractivity contribution in [2.75, 3.05) is 26.3 Å². The maximum absolute atomic E-state index is 11.5. The van der Waals surface area contributed by atoms with E-state index in [1.807, 2.05) is 6.92 Å². The summed E-state index contributed by atoms with van der Waals surface area (Å²) in [6.45, 7) is 6.72. The second-order valence-corrected chi connectivity index (χ2v) is 5.04. The molecule has 15 heavy (non-hydrogen) atoms. The molecule has 0 spiro atoms. The summed E-state index contributed by atoms with van der Waals surface area (Å²) in [5.41, 5.74) is -0.757. The molecule has 4 heteroatoms. The van der Waals surface area contributed by atoms with Crippen LogP contribution in [0.5, 0.6) is 0 Å². The normalized spacial score (nSPS) is 29.5. The topological polar surface area (TPSA) is 49.8 Å². The lowest BCUT2D eigenvalue weighted by Crippen LogP contribution is -2.60. The molecule has 0 bridgehead atoms. The predicted molar refractivity (Wildman–Crippen MR) is 55.8 cm³/mol. The van der Waals surface area contributed by atoms with Crippen molar-refractivity contribution >= 4 is 5.97 Å². The van der Waals surface area contributed by atoms with Crippen molar-refractivity contribution in [3.8, 4) is 0 Å². The Morgan fingerprint density at radius 3 is 2.33 bits per heavy atom. The van der Waals surface area contributed by atoms with Crippen LogP contribution in [0, 0.1) is 5.41 Å². The van der Waals surface area contributed by atoms with Gasteiger partial charge in [-0.3, -0.25) is 9.69 Å². The first-order chi connectivity index (χ1) is 7.01. The van der Waals surface area contributed by atoms with Crippen molar-refractivity contribution in [1.82, 2.24) is 4.90 Å². The summed E-state index contributed by atoms with van der Waals surface area (Å²) in [6.07, 6.45) is 2.04. The summed E-state index contributed by atoms with van der Waals surface area (Å²) in [5.74, 6) is -0.690. The second kappa shape index (κ2) is 3.46. The third-order valence-corrected chi connectivity index (χ3v) is 4.24. The van der Waals surface area contributed by atoms with Gasteiger partial charge in [-0.25, -0.2) is 0 Å². The molecule has 0 radical (unpaired) electrons. The highest BCUT2D eigenvalue weighted by Crippen LogP contribution is 2.56. The molecule has 2 aliphatic rings. The highest BCUT2D eigenvalue weighted by atomic mass is 16.5. The van der Waals surface area contributed by atoms with Crippen molar-refractivity contribution < 1.29 is 14.6 Å². The lowest BCUT2D eigenvalue weighted by atomic mass is 9.82. The Morgan fingerprint density at radius 2 is 1.93 bits per heavy atom. The zero-order valence-corrected chi connectivity index (χ0v) is 9.45. The third kappa shape index (κ3) is 1.56. The van der Waals surface area contributed by atoms with Gasteiger partial charge in [-0.15, -0.1) is 0 Å². The molecule has 0 amide bonds. The van der Waals surface area contributed by atoms with Crippen LogP contribution >= 0.6 is 0 Å². The molecule has 2 rings (SSSR count). The van der Waals surface area contributed by atoms with Crippen LogP contribution in [0.25, 0.3) is 0 Å². The van der Waals surface area contributed by atoms with Gasteiger partial charge in [0, 0.05) is 13.1 Å². The van der Waals surface area contributed by atoms with E-state index in [1.165, 1.54) is 0 Å². The zero-order chi connectivity index (χ0) is 11.1. The summed E-state index contributed by atoms with van der Waals surface area (Å²) >= 11 is 0. The SMILES string of the molecule is CC1(C(C)(C(=O)O)N2CCOCC2)CC1. The number of morpholine rings is 1. The van der Waals surface area contributed by atoms with Gasteiger partial charge < -0.3 is 9.84 Å². The maximum atomic E-state index is 11.5. The molecule has 4 nitrogen and oxygen atoms in total. The molecule has 1 N–H and O–H groups in total. The number of hydrogen-bond acceptors (Lipinski definition) is 3. The predicted octanol–water partition coefficient (Wildman–Crippen LogP) is 0.962. The molecular weight excluding hydrogens is 194 g/mol. The van der Waals surface area contributed by atoms with E-state index in [4.69, 9.17) is 4.74 Å². The van der Waals surface area contributed by atoms with Crippen LogP contribution in [0.3, 0.4) is 0 Å². The van der Waals surface area contributed by atoms with Crippen molar-refractivity contribution in [3.63, 3.8) is 0 Å². The first-order valence-electron chi connectivity index (χ1n) is 5.57. The third-order valence-electron chi connectivity index (χ3n) is 4.24. The van der Waals surface area contributed by atoms with Crippen LogP contribution in [0.2, 0.25) is 0 Å². The van der Waals surface area contributed by atoms with Gasteiger partial charge in [0.05, 0.1) is 13.2 Å². The average Bonchev–Trinajstić information content (AvgIpc) is 2.98. The number of carbonyl (C=O) groups is 1. The van der Waals surface area contributed by atoms with Gasteiger partial charge in [0.2, 0.25) is 0 Å². The zero-order valence-electron chi connectivity index (χ0n) is 9.45. The van der Waals surface area contributed by atoms with E-state index in [1.54, 1.807) is 0 Å². The smallest absolute Gasteiger partial charge is 0.324 e. The standard InChI is InChI=1S/C11H19NO3/c1-10(3-4-10)11(2,9(13)14)12-5-7-15-8-6-12/h3-8H2,1-2H3,(H,13,14). The molecule has 1 atom stereocenters. The number of carboxylic acid groups (broad SMARTS) is 1. The minimum absolute atomic E-state index is 0.0455. The molecular formula is C11H19NO3. The number of ether oxygens (including phenoxy) is 1. The Kier molecular flexibility index (Phi) is 2.51. The minimum atomic E-state index is -0.712. The first-order valence-corrected chi connectivity index (χ1v) is 5.57. The summed E-state index contributed by atoms with van der Waals surface area (Å²) < 4.78 is 5.27. The van der Waals surface area contributed by atoms with Gasteiger partial charge in [0.25, 0.3) is 0 Å². The Hall–Kier alpha value is -0.610. The lowest BCUT2D eigenvalue weighted by molar-refractivity contribution is -0.159. The van der Waals surface area contributed by atoms with Crippen molar-refractivity contribution in [2.24, 2.45) is 5.41 Å². The Bertz CT molecular complexity index is 269. The highest BCUT2D eigenvalue weighted by Gasteiger charge is 2.60. The number of nitrogens with zero attached hydrogens (tertiary/aromatic N) is 1. The van der Waals surface area contributed by atoms with Gasteiger partial charge in [-0.05, 0) is 25.2 Å². The number of aliphatic carboxylic acids is 1. The Morgan fingerprint density at radius 1 is 1.40 bits per heavy atom. The lowest BCUT2D eigenvalue weighted by Gasteiger charge is -2.44. The summed E-state index contributed by atoms with van der Waals surface area (Å²) in [5, 5.41) is 9.48. The number of carboxylic acids is 1. The quantitative estimate of drug-likeness (QED) is 0.758. The molecule has 0 aromatic heterocycles. The van der Waals surface area contributed by atoms with Gasteiger partial charge in [0.15, 0.2) is 0 Å². The molecule has 2 fully saturated rings. The number of rotatable bonds is 3. The van der Waals surface area contributed by atoms with Gasteiger partial charge in [-0.1, -0.05) is 6.92 Å². The largest absolute Gasteiger partial charge is 0.480 e. The molecule has 0 aromatic rings. The molecule has 1 saturated carbocycles. The van der Waals surface area contributed by atoms with Crippen LogP contribution in [-0.4, -0.2) is 47.8 Å². The van der Waals surface area contributed by atoms with E-state index in [0.29, 0.717) is 13.2 Å². The fraction of sp³-hybridized carbons (Fsp3) is 0.909. The van der Waals surface area contributed by atoms with E-state index in [2.05, 4.69) is 11.8 Å². The first kappa shape index (κ1) is 10.9. The van der Waals surface area contributed by atoms with Gasteiger partial charge in [-0.2, -0.15) is 0 Å². The van der Waals surface area contributed by atoms with Crippen molar-refractivity contribution in [2.45, 2.75) is 32.2 Å². The van der Waals surface area contributed by atoms with Gasteiger partial charge in [0.1, 0.15) is 5.54 Å². The van der Waals surface area contributed by atoms with Crippen LogP contribution in [0.4, 0.5) is 0 Å². The molecule has 86 valence electrons. The van der Waals surface area contributed by atoms with Gasteiger partial charge >= 0.3 is 5.97 Å². The van der Waals surface area contributed by atoms with Crippen LogP contribution < -0.4 is 0 Å². The van der Waals surface area contributed by atoms with Crippen molar-refractivity contribution in [3.05, 3.63) is 0 Å². The minimum Gasteiger partial charge on any atom is -0.480 e.